The highest BCUT2D eigenvalue weighted by molar-refractivity contribution is 6.05. The van der Waals surface area contributed by atoms with Gasteiger partial charge in [0, 0.05) is 23.8 Å². The number of rotatable bonds is 26. The third kappa shape index (κ3) is 14.5. The summed E-state index contributed by atoms with van der Waals surface area (Å²) >= 11 is 0. The molecule has 0 saturated heterocycles. The van der Waals surface area contributed by atoms with Crippen LogP contribution in [0.3, 0.4) is 0 Å². The third-order valence-electron chi connectivity index (χ3n) is 11.2. The fourth-order valence-corrected chi connectivity index (χ4v) is 7.72. The number of hydrogen-bond acceptors (Lipinski definition) is 8. The molecule has 4 rings (SSSR count). The van der Waals surface area contributed by atoms with Crippen LogP contribution in [-0.4, -0.2) is 46.8 Å². The van der Waals surface area contributed by atoms with Gasteiger partial charge in [0.15, 0.2) is 5.84 Å². The molecule has 3 N–H and O–H groups in total. The zero-order chi connectivity index (χ0) is 42.1. The lowest BCUT2D eigenvalue weighted by atomic mass is 9.95. The molecular formula is C50H75N3O5. The lowest BCUT2D eigenvalue weighted by Gasteiger charge is -2.38. The molecule has 1 aliphatic rings. The number of aryl methyl sites for hydroxylation is 4. The number of unbranched alkanes of at least 4 members (excludes halogenated alkanes) is 12. The van der Waals surface area contributed by atoms with Crippen LogP contribution in [0.15, 0.2) is 65.8 Å². The molecule has 8 nitrogen and oxygen atoms in total. The quantitative estimate of drug-likeness (QED) is 0.0550. The van der Waals surface area contributed by atoms with E-state index in [2.05, 4.69) is 83.4 Å². The normalized spacial score (nSPS) is 14.8. The van der Waals surface area contributed by atoms with Crippen molar-refractivity contribution in [2.75, 3.05) is 11.6 Å². The molecule has 0 amide bonds. The Hall–Kier alpha value is -3.85. The van der Waals surface area contributed by atoms with Crippen LogP contribution in [-0.2, 0) is 9.47 Å². The molecule has 3 atom stereocenters. The number of aliphatic hydroxyl groups is 1. The van der Waals surface area contributed by atoms with E-state index in [0.717, 1.165) is 53.6 Å². The van der Waals surface area contributed by atoms with E-state index < -0.39 is 18.0 Å². The standard InChI is InChI=1S/C50H75N3O5/c1-10-12-14-16-17-18-19-20-21-23-31-56-47(24-22-15-13-11-2)50(8,9)58-49(40(7)54)57-41-27-30-45(46(55)34-41)53-35-44(42-28-25-36(3)32-38(42)5)51-48(52-53)43-29-26-37(4)33-39(43)6/h25-30,32-35,40,47,49,54-55H,10-24,31H2,1-9H3,(H,51,52). The summed E-state index contributed by atoms with van der Waals surface area (Å²) in [5.74, 6) is 1.06. The number of nitrogens with zero attached hydrogens (tertiary/aromatic N) is 2. The van der Waals surface area contributed by atoms with Gasteiger partial charge in [0.1, 0.15) is 23.3 Å². The number of aliphatic hydroxyl groups excluding tert-OH is 1. The Morgan fingerprint density at radius 2 is 1.29 bits per heavy atom. The van der Waals surface area contributed by atoms with Gasteiger partial charge in [0.05, 0.1) is 23.6 Å². The van der Waals surface area contributed by atoms with Crippen molar-refractivity contribution in [3.63, 3.8) is 0 Å². The summed E-state index contributed by atoms with van der Waals surface area (Å²) in [6.45, 7) is 19.3. The molecule has 0 spiro atoms. The summed E-state index contributed by atoms with van der Waals surface area (Å²) in [6, 6.07) is 17.8. The van der Waals surface area contributed by atoms with Crippen LogP contribution in [0.4, 0.5) is 5.69 Å². The first kappa shape index (κ1) is 46.8. The van der Waals surface area contributed by atoms with Gasteiger partial charge in [-0.25, -0.2) is 4.99 Å². The molecule has 3 aromatic carbocycles. The molecule has 0 aliphatic carbocycles. The van der Waals surface area contributed by atoms with E-state index in [4.69, 9.17) is 19.2 Å². The molecule has 0 saturated carbocycles. The zero-order valence-corrected chi connectivity index (χ0v) is 37.3. The first-order chi connectivity index (χ1) is 27.8. The highest BCUT2D eigenvalue weighted by Gasteiger charge is 2.36. The molecule has 0 bridgehead atoms. The minimum absolute atomic E-state index is 0.000311. The number of phenolic OH excluding ortho intramolecular Hbond substituents is 1. The van der Waals surface area contributed by atoms with E-state index >= 15 is 0 Å². The Bertz CT molecular complexity index is 1770. The maximum atomic E-state index is 11.5. The highest BCUT2D eigenvalue weighted by Crippen LogP contribution is 2.36. The van der Waals surface area contributed by atoms with Crippen molar-refractivity contribution < 1.29 is 24.4 Å². The van der Waals surface area contributed by atoms with Crippen LogP contribution >= 0.6 is 0 Å². The van der Waals surface area contributed by atoms with Gasteiger partial charge in [0.2, 0.25) is 6.29 Å². The smallest absolute Gasteiger partial charge is 0.226 e. The van der Waals surface area contributed by atoms with Gasteiger partial charge >= 0.3 is 0 Å². The van der Waals surface area contributed by atoms with Crippen LogP contribution < -0.4 is 15.2 Å². The summed E-state index contributed by atoms with van der Waals surface area (Å²) in [5.41, 5.74) is 10.6. The maximum absolute atomic E-state index is 11.5. The van der Waals surface area contributed by atoms with Crippen molar-refractivity contribution in [2.24, 2.45) is 4.99 Å². The van der Waals surface area contributed by atoms with Gasteiger partial charge in [0.25, 0.3) is 0 Å². The van der Waals surface area contributed by atoms with Gasteiger partial charge in [-0.2, -0.15) is 0 Å². The minimum Gasteiger partial charge on any atom is -0.506 e. The van der Waals surface area contributed by atoms with E-state index in [0.29, 0.717) is 23.9 Å². The number of anilines is 1. The van der Waals surface area contributed by atoms with E-state index in [1.54, 1.807) is 30.1 Å². The molecule has 3 unspecified atom stereocenters. The summed E-state index contributed by atoms with van der Waals surface area (Å²) in [6.07, 6.45) is 18.1. The fourth-order valence-electron chi connectivity index (χ4n) is 7.72. The van der Waals surface area contributed by atoms with Gasteiger partial charge in [-0.1, -0.05) is 145 Å². The van der Waals surface area contributed by atoms with Gasteiger partial charge in [-0.05, 0) is 84.6 Å². The topological polar surface area (TPSA) is 95.8 Å². The summed E-state index contributed by atoms with van der Waals surface area (Å²) in [5, 5.41) is 24.3. The van der Waals surface area contributed by atoms with E-state index in [1.807, 2.05) is 20.0 Å². The van der Waals surface area contributed by atoms with Crippen molar-refractivity contribution >= 4 is 17.2 Å². The number of aromatic hydroxyl groups is 1. The number of phenols is 1. The summed E-state index contributed by atoms with van der Waals surface area (Å²) < 4.78 is 19.5. The van der Waals surface area contributed by atoms with Crippen LogP contribution in [0, 0.1) is 27.7 Å². The first-order valence-electron chi connectivity index (χ1n) is 22.3. The van der Waals surface area contributed by atoms with Crippen LogP contribution in [0.1, 0.15) is 164 Å². The monoisotopic (exact) mass is 798 g/mol. The largest absolute Gasteiger partial charge is 0.506 e. The molecule has 0 aromatic heterocycles. The van der Waals surface area contributed by atoms with Crippen LogP contribution in [0.5, 0.6) is 11.5 Å². The summed E-state index contributed by atoms with van der Waals surface area (Å²) in [7, 11) is 0. The number of amidine groups is 1. The molecule has 3 aromatic rings. The number of hydrazine groups is 1. The second kappa shape index (κ2) is 23.7. The lowest BCUT2D eigenvalue weighted by Crippen LogP contribution is -2.48. The number of nitrogens with one attached hydrogen (secondary N) is 1. The Balaban J connectivity index is 1.46. The highest BCUT2D eigenvalue weighted by atomic mass is 16.7. The molecule has 320 valence electrons. The maximum Gasteiger partial charge on any atom is 0.226 e. The zero-order valence-electron chi connectivity index (χ0n) is 37.3. The third-order valence-corrected chi connectivity index (χ3v) is 11.2. The summed E-state index contributed by atoms with van der Waals surface area (Å²) in [4.78, 5) is 5.07. The lowest BCUT2D eigenvalue weighted by molar-refractivity contribution is -0.233. The number of benzene rings is 3. The van der Waals surface area contributed by atoms with E-state index in [-0.39, 0.29) is 11.9 Å². The van der Waals surface area contributed by atoms with Crippen molar-refractivity contribution in [3.8, 4) is 11.5 Å². The second-order valence-corrected chi connectivity index (χ2v) is 17.1. The molecule has 0 fully saturated rings. The van der Waals surface area contributed by atoms with Crippen LogP contribution in [0.25, 0.3) is 5.70 Å². The number of ether oxygens (including phenoxy) is 3. The average Bonchev–Trinajstić information content (AvgIpc) is 3.17. The molecule has 8 heteroatoms. The van der Waals surface area contributed by atoms with Gasteiger partial charge in [-0.3, -0.25) is 10.4 Å². The predicted molar refractivity (Wildman–Crippen MR) is 242 cm³/mol. The van der Waals surface area contributed by atoms with Gasteiger partial charge in [-0.15, -0.1) is 0 Å². The Labute approximate surface area is 351 Å². The van der Waals surface area contributed by atoms with Crippen LogP contribution in [0.2, 0.25) is 0 Å². The van der Waals surface area contributed by atoms with E-state index in [1.165, 1.54) is 81.8 Å². The van der Waals surface area contributed by atoms with Gasteiger partial charge < -0.3 is 24.4 Å². The molecule has 58 heavy (non-hydrogen) atoms. The van der Waals surface area contributed by atoms with Crippen molar-refractivity contribution in [1.29, 1.82) is 0 Å². The second-order valence-electron chi connectivity index (χ2n) is 17.1. The molecule has 1 heterocycles. The Morgan fingerprint density at radius 1 is 0.724 bits per heavy atom. The number of aliphatic imine (C=N–C) groups is 1. The van der Waals surface area contributed by atoms with Crippen molar-refractivity contribution in [3.05, 3.63) is 94.2 Å². The molecular weight excluding hydrogens is 723 g/mol. The fraction of sp³-hybridized carbons (Fsp3) is 0.580. The Kier molecular flexibility index (Phi) is 19.1. The van der Waals surface area contributed by atoms with Crippen molar-refractivity contribution in [2.45, 2.75) is 183 Å². The minimum atomic E-state index is -0.980. The molecule has 0 radical (unpaired) electrons. The molecule has 1 aliphatic heterocycles. The Morgan fingerprint density at radius 3 is 1.86 bits per heavy atom. The van der Waals surface area contributed by atoms with Crippen molar-refractivity contribution in [1.82, 2.24) is 5.43 Å². The van der Waals surface area contributed by atoms with E-state index in [9.17, 15) is 10.2 Å². The first-order valence-corrected chi connectivity index (χ1v) is 22.3. The SMILES string of the molecule is CCCCCCCCCCCCOC(CCCCCC)C(C)(C)OC(Oc1ccc(N2C=C(c3ccc(C)cc3C)N=C(c3ccc(C)cc3C)N2)c(O)c1)C(C)O. The average molecular weight is 798 g/mol. The number of hydrogen-bond donors (Lipinski definition) is 3. The predicted octanol–water partition coefficient (Wildman–Crippen LogP) is 12.6.